The van der Waals surface area contributed by atoms with Crippen LogP contribution in [0.5, 0.6) is 0 Å². The van der Waals surface area contributed by atoms with Gasteiger partial charge in [-0.2, -0.15) is 0 Å². The first kappa shape index (κ1) is 100. The molecule has 0 saturated carbocycles. The molecule has 0 unspecified atom stereocenters. The fourth-order valence-corrected chi connectivity index (χ4v) is 20.8. The Morgan fingerprint density at radius 3 is 0.477 bits per heavy atom. The lowest BCUT2D eigenvalue weighted by Gasteiger charge is -2.27. The summed E-state index contributed by atoms with van der Waals surface area (Å²) in [6, 6.07) is 105. The van der Waals surface area contributed by atoms with Crippen molar-refractivity contribution in [2.75, 3.05) is 91.6 Å². The molecule has 0 atom stereocenters. The van der Waals surface area contributed by atoms with E-state index in [1.54, 1.807) is 94.1 Å². The van der Waals surface area contributed by atoms with Crippen molar-refractivity contribution in [3.63, 3.8) is 0 Å². The summed E-state index contributed by atoms with van der Waals surface area (Å²) in [7, 11) is 0. The minimum Gasteiger partial charge on any atom is -0.354 e. The van der Waals surface area contributed by atoms with Gasteiger partial charge in [-0.05, 0) is 190 Å². The van der Waals surface area contributed by atoms with Gasteiger partial charge in [0.05, 0.1) is 0 Å². The molecule has 8 N–H and O–H groups in total. The maximum Gasteiger partial charge on any atom is 0.251 e. The third kappa shape index (κ3) is 37.6. The molecule has 0 saturated heterocycles. The first-order valence-corrected chi connectivity index (χ1v) is 52.1. The van der Waals surface area contributed by atoms with Gasteiger partial charge >= 0.3 is 0 Å². The summed E-state index contributed by atoms with van der Waals surface area (Å²) in [6.07, 6.45) is 0.176. The van der Waals surface area contributed by atoms with Crippen LogP contribution in [-0.4, -0.2) is 149 Å². The molecule has 0 aliphatic heterocycles. The maximum atomic E-state index is 14.0. The van der Waals surface area contributed by atoms with E-state index in [1.165, 1.54) is 0 Å². The molecule has 682 valence electrons. The number of benzene rings is 12. The standard InChI is InChI=1S/C106H112N10O8S8/c117-99(107-45-49-111-103(121)87-63-79(71-125-91-25-9-1-10-26-91)59-80(64-87)72-126-92-27-11-2-12-28-92)41-53-115(54-42-100(118)108-46-50-112-104(122)88-65-81(73-127-93-29-13-3-14-30-93)60-82(66-88)74-128-94-31-15-4-16-32-94)57-58-116(55-43-101(119)109-47-51-113-105(123)89-67-83(75-129-95-33-17-5-18-34-95)61-84(68-89)76-130-96-35-19-6-20-36-96)56-44-102(120)110-48-52-114-106(124)90-69-85(77-131-97-37-21-7-22-38-97)62-86(70-90)78-132-98-39-23-8-24-40-98/h1-40,59-70H,41-58,71-78H2,(H,107,117)(H,108,118)(H,109,119)(H,110,120)(H,111,121)(H,112,122)(H,113,123)(H,114,124). The summed E-state index contributed by atoms with van der Waals surface area (Å²) < 4.78 is 0. The Hall–Kier alpha value is -10.9. The van der Waals surface area contributed by atoms with Gasteiger partial charge in [-0.3, -0.25) is 38.4 Å². The summed E-state index contributed by atoms with van der Waals surface area (Å²) in [6.45, 7) is 2.88. The lowest BCUT2D eigenvalue weighted by atomic mass is 10.1. The van der Waals surface area contributed by atoms with Crippen molar-refractivity contribution in [3.8, 4) is 0 Å². The largest absolute Gasteiger partial charge is 0.354 e. The van der Waals surface area contributed by atoms with Gasteiger partial charge in [0, 0.05) is 225 Å². The van der Waals surface area contributed by atoms with Crippen LogP contribution in [0.3, 0.4) is 0 Å². The van der Waals surface area contributed by atoms with E-state index in [0.29, 0.717) is 81.4 Å². The summed E-state index contributed by atoms with van der Waals surface area (Å²) in [4.78, 5) is 125. The predicted molar refractivity (Wildman–Crippen MR) is 547 cm³/mol. The van der Waals surface area contributed by atoms with E-state index in [4.69, 9.17) is 0 Å². The lowest BCUT2D eigenvalue weighted by molar-refractivity contribution is -0.123. The maximum absolute atomic E-state index is 14.0. The summed E-state index contributed by atoms with van der Waals surface area (Å²) >= 11 is 13.6. The van der Waals surface area contributed by atoms with Crippen molar-refractivity contribution < 1.29 is 38.4 Å². The van der Waals surface area contributed by atoms with E-state index in [0.717, 1.165) is 83.7 Å². The fourth-order valence-electron chi connectivity index (χ4n) is 14.0. The fraction of sp³-hybridized carbons (Fsp3) is 0.245. The van der Waals surface area contributed by atoms with Gasteiger partial charge in [0.1, 0.15) is 0 Å². The second kappa shape index (κ2) is 56.9. The number of thioether (sulfide) groups is 8. The van der Waals surface area contributed by atoms with Crippen LogP contribution in [-0.2, 0) is 65.2 Å². The Morgan fingerprint density at radius 1 is 0.182 bits per heavy atom. The second-order valence-corrected chi connectivity index (χ2v) is 39.5. The Bertz CT molecular complexity index is 4690. The third-order valence-electron chi connectivity index (χ3n) is 20.7. The molecule has 12 aromatic carbocycles. The van der Waals surface area contributed by atoms with Crippen LogP contribution in [0.25, 0.3) is 0 Å². The molecule has 0 aliphatic rings. The Morgan fingerprint density at radius 2 is 0.326 bits per heavy atom. The normalized spacial score (nSPS) is 11.1. The topological polar surface area (TPSA) is 239 Å². The Balaban J connectivity index is 0.692. The quantitative estimate of drug-likeness (QED) is 0.0131. The van der Waals surface area contributed by atoms with Gasteiger partial charge in [0.2, 0.25) is 23.6 Å². The molecule has 0 radical (unpaired) electrons. The van der Waals surface area contributed by atoms with Crippen LogP contribution < -0.4 is 42.5 Å². The van der Waals surface area contributed by atoms with Crippen LogP contribution in [0.2, 0.25) is 0 Å². The molecule has 0 aliphatic carbocycles. The van der Waals surface area contributed by atoms with Crippen molar-refractivity contribution in [2.24, 2.45) is 0 Å². The summed E-state index contributed by atoms with van der Waals surface area (Å²) in [5.74, 6) is 3.27. The van der Waals surface area contributed by atoms with Crippen LogP contribution in [0.4, 0.5) is 0 Å². The molecular weight excluding hydrogens is 1800 g/mol. The van der Waals surface area contributed by atoms with Crippen molar-refractivity contribution in [1.29, 1.82) is 0 Å². The molecule has 8 amide bonds. The molecule has 0 fully saturated rings. The smallest absolute Gasteiger partial charge is 0.251 e. The zero-order valence-corrected chi connectivity index (χ0v) is 80.4. The molecular formula is C106H112N10O8S8. The summed E-state index contributed by atoms with van der Waals surface area (Å²) in [5.41, 5.74) is 10.3. The zero-order chi connectivity index (χ0) is 91.8. The van der Waals surface area contributed by atoms with Crippen LogP contribution in [0.1, 0.15) is 112 Å². The Kier molecular flexibility index (Phi) is 43.1. The number of amides is 8. The summed E-state index contributed by atoms with van der Waals surface area (Å²) in [5, 5.41) is 24.1. The third-order valence-corrected chi connectivity index (χ3v) is 29.4. The highest BCUT2D eigenvalue weighted by Crippen LogP contribution is 2.33. The molecule has 26 heteroatoms. The number of carbonyl (C=O) groups excluding carboxylic acids is 8. The molecule has 12 aromatic rings. The van der Waals surface area contributed by atoms with Gasteiger partial charge < -0.3 is 52.3 Å². The van der Waals surface area contributed by atoms with Gasteiger partial charge in [0.25, 0.3) is 23.6 Å². The minimum atomic E-state index is -0.266. The average molecular weight is 1910 g/mol. The molecule has 0 bridgehead atoms. The minimum absolute atomic E-state index is 0.0440. The monoisotopic (exact) mass is 1910 g/mol. The van der Waals surface area contributed by atoms with E-state index in [1.807, 2.05) is 204 Å². The molecule has 0 aromatic heterocycles. The van der Waals surface area contributed by atoms with E-state index in [-0.39, 0.29) is 151 Å². The molecule has 0 spiro atoms. The van der Waals surface area contributed by atoms with Crippen molar-refractivity contribution in [2.45, 2.75) is 111 Å². The van der Waals surface area contributed by atoms with Crippen LogP contribution in [0, 0.1) is 0 Å². The molecule has 18 nitrogen and oxygen atoms in total. The first-order chi connectivity index (χ1) is 64.7. The van der Waals surface area contributed by atoms with E-state index < -0.39 is 0 Å². The van der Waals surface area contributed by atoms with Gasteiger partial charge in [-0.15, -0.1) is 94.1 Å². The highest BCUT2D eigenvalue weighted by Gasteiger charge is 2.21. The second-order valence-electron chi connectivity index (χ2n) is 31.1. The molecule has 0 heterocycles. The van der Waals surface area contributed by atoms with Crippen molar-refractivity contribution in [3.05, 3.63) is 382 Å². The zero-order valence-electron chi connectivity index (χ0n) is 73.8. The number of nitrogens with one attached hydrogen (secondary N) is 8. The number of carbonyl (C=O) groups is 8. The van der Waals surface area contributed by atoms with Gasteiger partial charge in [0.15, 0.2) is 0 Å². The number of rotatable bonds is 55. The van der Waals surface area contributed by atoms with E-state index in [9.17, 15) is 38.4 Å². The highest BCUT2D eigenvalue weighted by molar-refractivity contribution is 8.00. The Labute approximate surface area is 810 Å². The average Bonchev–Trinajstić information content (AvgIpc) is 0.855. The van der Waals surface area contributed by atoms with Crippen molar-refractivity contribution >= 4 is 141 Å². The van der Waals surface area contributed by atoms with E-state index in [2.05, 4.69) is 164 Å². The van der Waals surface area contributed by atoms with Gasteiger partial charge in [-0.25, -0.2) is 0 Å². The van der Waals surface area contributed by atoms with Crippen LogP contribution in [0.15, 0.2) is 355 Å². The lowest BCUT2D eigenvalue weighted by Crippen LogP contribution is -2.42. The van der Waals surface area contributed by atoms with Gasteiger partial charge in [-0.1, -0.05) is 170 Å². The van der Waals surface area contributed by atoms with Crippen molar-refractivity contribution in [1.82, 2.24) is 52.3 Å². The highest BCUT2D eigenvalue weighted by atomic mass is 32.2. The predicted octanol–water partition coefficient (Wildman–Crippen LogP) is 19.7. The SMILES string of the molecule is O=C(CCN(CCC(=O)NCCNC(=O)c1cc(CSc2ccccc2)cc(CSc2ccccc2)c1)CCN(CCC(=O)NCCNC(=O)c1cc(CSc2ccccc2)cc(CSc2ccccc2)c1)CCC(=O)NCCNC(=O)c1cc(CSc2ccccc2)cc(CSc2ccccc2)c1)NCCNC(=O)c1cc(CSc2ccccc2)cc(CSc2ccccc2)c1. The number of nitrogens with zero attached hydrogens (tertiary/aromatic N) is 2. The molecule has 132 heavy (non-hydrogen) atoms. The number of hydrogen-bond acceptors (Lipinski definition) is 18. The molecule has 12 rings (SSSR count). The number of hydrogen-bond donors (Lipinski definition) is 8. The van der Waals surface area contributed by atoms with Crippen LogP contribution >= 0.6 is 94.1 Å². The van der Waals surface area contributed by atoms with E-state index >= 15 is 0 Å². The first-order valence-electron chi connectivity index (χ1n) is 44.3.